The summed E-state index contributed by atoms with van der Waals surface area (Å²) in [6.45, 7) is 3.91. The highest BCUT2D eigenvalue weighted by atomic mass is 16.6. The Morgan fingerprint density at radius 1 is 1.64 bits per heavy atom. The Bertz CT molecular complexity index is 147. The van der Waals surface area contributed by atoms with Crippen LogP contribution in [0.5, 0.6) is 0 Å². The molecular formula is C6H12N2O3. The third kappa shape index (κ3) is 5.38. The van der Waals surface area contributed by atoms with E-state index < -0.39 is 11.7 Å². The Labute approximate surface area is 65.0 Å². The van der Waals surface area contributed by atoms with Crippen LogP contribution in [0.2, 0.25) is 0 Å². The van der Waals surface area contributed by atoms with E-state index in [-0.39, 0.29) is 0 Å². The molecule has 0 saturated heterocycles. The fourth-order valence-electron chi connectivity index (χ4n) is 0.431. The van der Waals surface area contributed by atoms with Gasteiger partial charge < -0.3 is 15.3 Å². The fraction of sp³-hybridized carbons (Fsp3) is 0.500. The molecule has 1 amide bonds. The Kier molecular flexibility index (Phi) is 5.14. The van der Waals surface area contributed by atoms with E-state index in [1.54, 1.807) is 0 Å². The summed E-state index contributed by atoms with van der Waals surface area (Å²) in [7, 11) is 1.48. The summed E-state index contributed by atoms with van der Waals surface area (Å²) in [4.78, 5) is 15.1. The highest BCUT2D eigenvalue weighted by Crippen LogP contribution is 1.78. The molecule has 0 aromatic heterocycles. The first kappa shape index (κ1) is 9.93. The largest absolute Gasteiger partial charge is 0.503 e. The summed E-state index contributed by atoms with van der Waals surface area (Å²) in [6.07, 6.45) is 0. The zero-order chi connectivity index (χ0) is 8.69. The van der Waals surface area contributed by atoms with Crippen LogP contribution in [-0.2, 0) is 9.63 Å². The SMILES string of the molecule is C=C(O)C(=O)NCCNOC. The van der Waals surface area contributed by atoms with Crippen LogP contribution >= 0.6 is 0 Å². The molecule has 0 aliphatic heterocycles. The van der Waals surface area contributed by atoms with Gasteiger partial charge in [0, 0.05) is 13.1 Å². The average molecular weight is 160 g/mol. The number of amides is 1. The standard InChI is InChI=1S/C6H12N2O3/c1-5(9)6(10)7-3-4-8-11-2/h8-9H,1,3-4H2,2H3,(H,7,10). The lowest BCUT2D eigenvalue weighted by molar-refractivity contribution is -0.119. The lowest BCUT2D eigenvalue weighted by atomic mass is 10.5. The smallest absolute Gasteiger partial charge is 0.285 e. The van der Waals surface area contributed by atoms with Gasteiger partial charge in [0.1, 0.15) is 0 Å². The van der Waals surface area contributed by atoms with Crippen LogP contribution in [0.4, 0.5) is 0 Å². The predicted octanol–water partition coefficient (Wildman–Crippen LogP) is -0.675. The average Bonchev–Trinajstić information content (AvgIpc) is 1.97. The number of carbonyl (C=O) groups is 1. The van der Waals surface area contributed by atoms with E-state index in [1.165, 1.54) is 7.11 Å². The van der Waals surface area contributed by atoms with Gasteiger partial charge in [0.2, 0.25) is 0 Å². The predicted molar refractivity (Wildman–Crippen MR) is 39.8 cm³/mol. The van der Waals surface area contributed by atoms with E-state index in [2.05, 4.69) is 22.2 Å². The van der Waals surface area contributed by atoms with E-state index in [9.17, 15) is 4.79 Å². The molecule has 0 atom stereocenters. The molecule has 0 aliphatic rings. The van der Waals surface area contributed by atoms with E-state index in [4.69, 9.17) is 5.11 Å². The lowest BCUT2D eigenvalue weighted by Crippen LogP contribution is -2.32. The molecule has 0 aromatic carbocycles. The summed E-state index contributed by atoms with van der Waals surface area (Å²) in [5.41, 5.74) is 2.52. The van der Waals surface area contributed by atoms with Crippen molar-refractivity contribution in [3.05, 3.63) is 12.3 Å². The topological polar surface area (TPSA) is 70.6 Å². The van der Waals surface area contributed by atoms with E-state index >= 15 is 0 Å². The molecule has 0 radical (unpaired) electrons. The van der Waals surface area contributed by atoms with Crippen molar-refractivity contribution in [3.8, 4) is 0 Å². The van der Waals surface area contributed by atoms with E-state index in [0.717, 1.165) is 0 Å². The summed E-state index contributed by atoms with van der Waals surface area (Å²) in [6, 6.07) is 0. The van der Waals surface area contributed by atoms with Gasteiger partial charge in [-0.05, 0) is 0 Å². The lowest BCUT2D eigenvalue weighted by Gasteiger charge is -2.03. The molecule has 0 spiro atoms. The van der Waals surface area contributed by atoms with Gasteiger partial charge in [-0.15, -0.1) is 0 Å². The number of hydrogen-bond acceptors (Lipinski definition) is 4. The van der Waals surface area contributed by atoms with E-state index in [1.807, 2.05) is 0 Å². The number of aliphatic hydroxyl groups excluding tert-OH is 1. The second-order valence-corrected chi connectivity index (χ2v) is 1.80. The minimum Gasteiger partial charge on any atom is -0.503 e. The molecule has 0 unspecified atom stereocenters. The molecule has 0 aliphatic carbocycles. The van der Waals surface area contributed by atoms with Gasteiger partial charge in [-0.3, -0.25) is 4.79 Å². The van der Waals surface area contributed by atoms with Crippen molar-refractivity contribution < 1.29 is 14.7 Å². The van der Waals surface area contributed by atoms with Crippen LogP contribution in [0, 0.1) is 0 Å². The second kappa shape index (κ2) is 5.70. The summed E-state index contributed by atoms with van der Waals surface area (Å²) < 4.78 is 0. The van der Waals surface area contributed by atoms with Crippen molar-refractivity contribution in [2.45, 2.75) is 0 Å². The quantitative estimate of drug-likeness (QED) is 0.216. The third-order valence-corrected chi connectivity index (χ3v) is 0.919. The molecular weight excluding hydrogens is 148 g/mol. The third-order valence-electron chi connectivity index (χ3n) is 0.919. The number of nitrogens with one attached hydrogen (secondary N) is 2. The van der Waals surface area contributed by atoms with E-state index in [0.29, 0.717) is 13.1 Å². The Balaban J connectivity index is 3.25. The Morgan fingerprint density at radius 3 is 2.73 bits per heavy atom. The minimum atomic E-state index is -0.567. The molecule has 3 N–H and O–H groups in total. The van der Waals surface area contributed by atoms with Crippen molar-refractivity contribution in [1.82, 2.24) is 10.8 Å². The molecule has 0 aromatic rings. The van der Waals surface area contributed by atoms with Gasteiger partial charge in [0.05, 0.1) is 7.11 Å². The first-order valence-corrected chi connectivity index (χ1v) is 3.10. The van der Waals surface area contributed by atoms with Crippen molar-refractivity contribution >= 4 is 5.91 Å². The number of hydroxylamine groups is 1. The zero-order valence-electron chi connectivity index (χ0n) is 6.39. The Morgan fingerprint density at radius 2 is 2.27 bits per heavy atom. The Hall–Kier alpha value is -1.07. The maximum Gasteiger partial charge on any atom is 0.285 e. The summed E-state index contributed by atoms with van der Waals surface area (Å²) in [5, 5.41) is 10.9. The summed E-state index contributed by atoms with van der Waals surface area (Å²) >= 11 is 0. The van der Waals surface area contributed by atoms with Crippen LogP contribution in [0.15, 0.2) is 12.3 Å². The van der Waals surface area contributed by atoms with Gasteiger partial charge >= 0.3 is 0 Å². The van der Waals surface area contributed by atoms with Crippen LogP contribution in [0.25, 0.3) is 0 Å². The monoisotopic (exact) mass is 160 g/mol. The van der Waals surface area contributed by atoms with Crippen molar-refractivity contribution in [2.75, 3.05) is 20.2 Å². The van der Waals surface area contributed by atoms with Crippen LogP contribution in [0.1, 0.15) is 0 Å². The van der Waals surface area contributed by atoms with Gasteiger partial charge in [-0.1, -0.05) is 6.58 Å². The number of hydrogen-bond donors (Lipinski definition) is 3. The van der Waals surface area contributed by atoms with Crippen molar-refractivity contribution in [2.24, 2.45) is 0 Å². The number of aliphatic hydroxyl groups is 1. The number of rotatable bonds is 5. The van der Waals surface area contributed by atoms with Crippen molar-refractivity contribution in [1.29, 1.82) is 0 Å². The molecule has 0 heterocycles. The van der Waals surface area contributed by atoms with Crippen LogP contribution in [-0.4, -0.2) is 31.2 Å². The molecule has 0 bridgehead atoms. The van der Waals surface area contributed by atoms with Crippen molar-refractivity contribution in [3.63, 3.8) is 0 Å². The van der Waals surface area contributed by atoms with Gasteiger partial charge in [0.15, 0.2) is 5.76 Å². The maximum absolute atomic E-state index is 10.6. The molecule has 0 rings (SSSR count). The van der Waals surface area contributed by atoms with Crippen LogP contribution in [0.3, 0.4) is 0 Å². The fourth-order valence-corrected chi connectivity index (χ4v) is 0.431. The molecule has 64 valence electrons. The second-order valence-electron chi connectivity index (χ2n) is 1.80. The molecule has 0 saturated carbocycles. The molecule has 11 heavy (non-hydrogen) atoms. The summed E-state index contributed by atoms with van der Waals surface area (Å²) in [5.74, 6) is -1.05. The first-order valence-electron chi connectivity index (χ1n) is 3.10. The van der Waals surface area contributed by atoms with Gasteiger partial charge in [-0.2, -0.15) is 0 Å². The number of carbonyl (C=O) groups excluding carboxylic acids is 1. The molecule has 0 fully saturated rings. The minimum absolute atomic E-state index is 0.381. The molecule has 5 heteroatoms. The highest BCUT2D eigenvalue weighted by molar-refractivity contribution is 5.90. The zero-order valence-corrected chi connectivity index (χ0v) is 6.39. The maximum atomic E-state index is 10.6. The normalized spacial score (nSPS) is 9.18. The van der Waals surface area contributed by atoms with Gasteiger partial charge in [0.25, 0.3) is 5.91 Å². The van der Waals surface area contributed by atoms with Gasteiger partial charge in [-0.25, -0.2) is 5.48 Å². The van der Waals surface area contributed by atoms with Crippen LogP contribution < -0.4 is 10.8 Å². The first-order chi connectivity index (χ1) is 5.18. The highest BCUT2D eigenvalue weighted by Gasteiger charge is 2.01. The molecule has 5 nitrogen and oxygen atoms in total.